The van der Waals surface area contributed by atoms with Crippen LogP contribution < -0.4 is 0 Å². The van der Waals surface area contributed by atoms with Crippen molar-refractivity contribution in [3.05, 3.63) is 62.5 Å². The summed E-state index contributed by atoms with van der Waals surface area (Å²) in [7, 11) is 1.41. The van der Waals surface area contributed by atoms with Gasteiger partial charge in [-0.25, -0.2) is 0 Å². The molecule has 0 spiro atoms. The Bertz CT molecular complexity index is 1160. The molecule has 1 aromatic carbocycles. The maximum absolute atomic E-state index is 12.6. The van der Waals surface area contributed by atoms with E-state index in [0.717, 1.165) is 33.2 Å². The van der Waals surface area contributed by atoms with Gasteiger partial charge in [0, 0.05) is 21.0 Å². The van der Waals surface area contributed by atoms with Gasteiger partial charge in [0.25, 0.3) is 0 Å². The van der Waals surface area contributed by atoms with Crippen LogP contribution in [0.25, 0.3) is 5.00 Å². The van der Waals surface area contributed by atoms with Gasteiger partial charge >= 0.3 is 5.97 Å². The predicted octanol–water partition coefficient (Wildman–Crippen LogP) is 5.00. The second-order valence-electron chi connectivity index (χ2n) is 7.38. The monoisotopic (exact) mass is 442 g/mol. The molecule has 0 unspecified atom stereocenters. The van der Waals surface area contributed by atoms with Crippen LogP contribution in [0.3, 0.4) is 0 Å². The van der Waals surface area contributed by atoms with Crippen molar-refractivity contribution in [2.24, 2.45) is 10.9 Å². The summed E-state index contributed by atoms with van der Waals surface area (Å²) < 4.78 is 7.14. The van der Waals surface area contributed by atoms with Gasteiger partial charge in [0.2, 0.25) is 0 Å². The highest BCUT2D eigenvalue weighted by atomic mass is 35.5. The number of aromatic nitrogens is 3. The Morgan fingerprint density at radius 3 is 2.73 bits per heavy atom. The first-order chi connectivity index (χ1) is 14.4. The molecule has 1 aliphatic heterocycles. The predicted molar refractivity (Wildman–Crippen MR) is 119 cm³/mol. The van der Waals surface area contributed by atoms with Crippen molar-refractivity contribution in [1.82, 2.24) is 14.8 Å². The summed E-state index contributed by atoms with van der Waals surface area (Å²) in [6.45, 7) is 8.08. The molecule has 0 aliphatic carbocycles. The first-order valence-corrected chi connectivity index (χ1v) is 11.0. The number of benzene rings is 1. The van der Waals surface area contributed by atoms with E-state index < -0.39 is 12.0 Å². The van der Waals surface area contributed by atoms with E-state index in [4.69, 9.17) is 21.3 Å². The molecule has 8 heteroatoms. The Labute approximate surface area is 184 Å². The molecule has 6 nitrogen and oxygen atoms in total. The Morgan fingerprint density at radius 1 is 1.30 bits per heavy atom. The minimum atomic E-state index is -0.517. The molecule has 2 atom stereocenters. The van der Waals surface area contributed by atoms with E-state index >= 15 is 0 Å². The first-order valence-electron chi connectivity index (χ1n) is 9.81. The number of aryl methyl sites for hydroxylation is 2. The van der Waals surface area contributed by atoms with E-state index in [2.05, 4.69) is 24.0 Å². The van der Waals surface area contributed by atoms with Gasteiger partial charge in [-0.2, -0.15) is 0 Å². The number of thiophene rings is 1. The molecule has 3 aromatic rings. The summed E-state index contributed by atoms with van der Waals surface area (Å²) in [6.07, 6.45) is 0.571. The number of aliphatic imine (C=N–C) groups is 1. The van der Waals surface area contributed by atoms with E-state index in [-0.39, 0.29) is 5.97 Å². The van der Waals surface area contributed by atoms with Crippen LogP contribution >= 0.6 is 22.9 Å². The number of carbonyl (C=O) groups is 1. The van der Waals surface area contributed by atoms with Gasteiger partial charge < -0.3 is 4.74 Å². The van der Waals surface area contributed by atoms with Crippen LogP contribution in [-0.2, 0) is 9.53 Å². The van der Waals surface area contributed by atoms with Gasteiger partial charge in [-0.1, -0.05) is 30.7 Å². The fourth-order valence-electron chi connectivity index (χ4n) is 3.92. The molecule has 4 rings (SSSR count). The maximum Gasteiger partial charge on any atom is 0.311 e. The number of nitrogens with zero attached hydrogens (tertiary/aromatic N) is 4. The zero-order valence-electron chi connectivity index (χ0n) is 17.6. The Morgan fingerprint density at radius 2 is 2.07 bits per heavy atom. The standard InChI is InChI=1S/C22H23ClN4O2S/c1-6-16(22(28)29-5)19-20-26-25-13(4)27(20)21-17(11(2)12(3)30-21)18(24-19)14-8-7-9-15(23)10-14/h7-10,16,19H,6H2,1-5H3/t16-,19+/m1/s1. The number of esters is 1. The molecule has 0 bridgehead atoms. The lowest BCUT2D eigenvalue weighted by molar-refractivity contribution is -0.146. The van der Waals surface area contributed by atoms with Crippen molar-refractivity contribution in [2.75, 3.05) is 7.11 Å². The van der Waals surface area contributed by atoms with Gasteiger partial charge in [0.1, 0.15) is 16.9 Å². The Hall–Kier alpha value is -2.51. The number of halogens is 1. The zero-order valence-corrected chi connectivity index (χ0v) is 19.1. The van der Waals surface area contributed by atoms with E-state index in [9.17, 15) is 4.79 Å². The Balaban J connectivity index is 2.07. The van der Waals surface area contributed by atoms with Crippen molar-refractivity contribution in [2.45, 2.75) is 40.2 Å². The third-order valence-corrected chi connectivity index (χ3v) is 7.04. The van der Waals surface area contributed by atoms with Crippen molar-refractivity contribution in [3.8, 4) is 5.00 Å². The van der Waals surface area contributed by atoms with E-state index in [1.807, 2.05) is 42.7 Å². The number of ether oxygens (including phenoxy) is 1. The molecular formula is C22H23ClN4O2S. The molecular weight excluding hydrogens is 420 g/mol. The molecule has 0 fully saturated rings. The third-order valence-electron chi connectivity index (χ3n) is 5.61. The average molecular weight is 443 g/mol. The number of carbonyl (C=O) groups excluding carboxylic acids is 1. The van der Waals surface area contributed by atoms with Crippen LogP contribution in [-0.4, -0.2) is 33.6 Å². The summed E-state index contributed by atoms with van der Waals surface area (Å²) in [5, 5.41) is 10.4. The second kappa shape index (κ2) is 7.96. The smallest absolute Gasteiger partial charge is 0.311 e. The van der Waals surface area contributed by atoms with Crippen LogP contribution in [0.15, 0.2) is 29.3 Å². The van der Waals surface area contributed by atoms with Crippen molar-refractivity contribution >= 4 is 34.6 Å². The number of hydrogen-bond donors (Lipinski definition) is 0. The van der Waals surface area contributed by atoms with E-state index in [1.54, 1.807) is 11.3 Å². The van der Waals surface area contributed by atoms with Crippen molar-refractivity contribution in [3.63, 3.8) is 0 Å². The summed E-state index contributed by atoms with van der Waals surface area (Å²) in [4.78, 5) is 19.0. The largest absolute Gasteiger partial charge is 0.469 e. The lowest BCUT2D eigenvalue weighted by Gasteiger charge is -2.20. The summed E-state index contributed by atoms with van der Waals surface area (Å²) >= 11 is 8.00. The molecule has 1 aliphatic rings. The van der Waals surface area contributed by atoms with Crippen LogP contribution in [0.2, 0.25) is 5.02 Å². The van der Waals surface area contributed by atoms with Crippen LogP contribution in [0.4, 0.5) is 0 Å². The number of methoxy groups -OCH3 is 1. The molecule has 156 valence electrons. The van der Waals surface area contributed by atoms with Crippen molar-refractivity contribution in [1.29, 1.82) is 0 Å². The van der Waals surface area contributed by atoms with Gasteiger partial charge in [-0.3, -0.25) is 14.4 Å². The third kappa shape index (κ3) is 3.26. The first kappa shape index (κ1) is 20.8. The molecule has 0 amide bonds. The minimum absolute atomic E-state index is 0.304. The SMILES string of the molecule is CC[C@@H](C(=O)OC)[C@@H]1N=C(c2cccc(Cl)c2)c2c(sc(C)c2C)-n2c(C)nnc21. The van der Waals surface area contributed by atoms with Gasteiger partial charge in [-0.15, -0.1) is 21.5 Å². The molecule has 0 N–H and O–H groups in total. The quantitative estimate of drug-likeness (QED) is 0.533. The van der Waals surface area contributed by atoms with Gasteiger partial charge in [0.15, 0.2) is 5.82 Å². The fourth-order valence-corrected chi connectivity index (χ4v) is 5.33. The van der Waals surface area contributed by atoms with Crippen LogP contribution in [0.5, 0.6) is 0 Å². The second-order valence-corrected chi connectivity index (χ2v) is 9.01. The van der Waals surface area contributed by atoms with Crippen molar-refractivity contribution < 1.29 is 9.53 Å². The fraction of sp³-hybridized carbons (Fsp3) is 0.364. The highest BCUT2D eigenvalue weighted by molar-refractivity contribution is 7.15. The lowest BCUT2D eigenvalue weighted by Crippen LogP contribution is -2.24. The molecule has 3 heterocycles. The zero-order chi connectivity index (χ0) is 21.6. The van der Waals surface area contributed by atoms with Crippen LogP contribution in [0.1, 0.15) is 52.6 Å². The van der Waals surface area contributed by atoms with Gasteiger partial charge in [-0.05, 0) is 44.9 Å². The van der Waals surface area contributed by atoms with Gasteiger partial charge in [0.05, 0.1) is 18.7 Å². The lowest BCUT2D eigenvalue weighted by atomic mass is 9.95. The summed E-state index contributed by atoms with van der Waals surface area (Å²) in [6, 6.07) is 7.14. The summed E-state index contributed by atoms with van der Waals surface area (Å²) in [5.74, 6) is 0.646. The molecule has 0 radical (unpaired) electrons. The Kier molecular flexibility index (Phi) is 5.51. The average Bonchev–Trinajstić information content (AvgIpc) is 3.19. The highest BCUT2D eigenvalue weighted by Gasteiger charge is 2.38. The van der Waals surface area contributed by atoms with E-state index in [1.165, 1.54) is 12.0 Å². The van der Waals surface area contributed by atoms with E-state index in [0.29, 0.717) is 17.3 Å². The minimum Gasteiger partial charge on any atom is -0.469 e. The number of fused-ring (bicyclic) bond motifs is 3. The molecule has 2 aromatic heterocycles. The normalized spacial score (nSPS) is 16.3. The number of rotatable bonds is 4. The summed E-state index contributed by atoms with van der Waals surface area (Å²) in [5.41, 5.74) is 3.91. The maximum atomic E-state index is 12.6. The van der Waals surface area contributed by atoms with Crippen LogP contribution in [0, 0.1) is 26.7 Å². The molecule has 30 heavy (non-hydrogen) atoms. The molecule has 0 saturated heterocycles. The molecule has 0 saturated carbocycles. The topological polar surface area (TPSA) is 69.4 Å². The number of hydrogen-bond acceptors (Lipinski definition) is 6. The highest BCUT2D eigenvalue weighted by Crippen LogP contribution is 2.41.